The van der Waals surface area contributed by atoms with Gasteiger partial charge in [0.25, 0.3) is 11.6 Å². The van der Waals surface area contributed by atoms with Crippen LogP contribution in [0.1, 0.15) is 10.4 Å². The molecule has 0 spiro atoms. The number of hydrogen-bond acceptors (Lipinski definition) is 6. The van der Waals surface area contributed by atoms with Crippen molar-refractivity contribution in [3.8, 4) is 0 Å². The Morgan fingerprint density at radius 1 is 0.968 bits per heavy atom. The summed E-state index contributed by atoms with van der Waals surface area (Å²) in [6, 6.07) is 8.69. The van der Waals surface area contributed by atoms with Crippen molar-refractivity contribution < 1.29 is 18.8 Å². The van der Waals surface area contributed by atoms with E-state index in [4.69, 9.17) is 16.3 Å². The number of amides is 1. The summed E-state index contributed by atoms with van der Waals surface area (Å²) in [5, 5.41) is 11.6. The molecular weight excluding hydrogens is 427 g/mol. The van der Waals surface area contributed by atoms with Crippen molar-refractivity contribution in [2.75, 3.05) is 62.3 Å². The molecule has 2 saturated heterocycles. The summed E-state index contributed by atoms with van der Waals surface area (Å²) in [4.78, 5) is 29.9. The van der Waals surface area contributed by atoms with Gasteiger partial charge >= 0.3 is 0 Å². The van der Waals surface area contributed by atoms with E-state index in [2.05, 4.69) is 0 Å². The van der Waals surface area contributed by atoms with E-state index in [1.807, 2.05) is 9.80 Å². The zero-order chi connectivity index (χ0) is 22.0. The molecule has 2 heterocycles. The fourth-order valence-corrected chi connectivity index (χ4v) is 4.23. The molecule has 0 radical (unpaired) electrons. The smallest absolute Gasteiger partial charge is 0.270 e. The normalized spacial score (nSPS) is 17.0. The van der Waals surface area contributed by atoms with Gasteiger partial charge in [0.15, 0.2) is 0 Å². The van der Waals surface area contributed by atoms with Gasteiger partial charge in [-0.15, -0.1) is 0 Å². The number of non-ortho nitro benzene ring substituents is 1. The summed E-state index contributed by atoms with van der Waals surface area (Å²) >= 11 is 6.17. The molecule has 0 aliphatic carbocycles. The van der Waals surface area contributed by atoms with E-state index >= 15 is 0 Å². The number of hydrogen-bond donors (Lipinski definition) is 0. The zero-order valence-electron chi connectivity index (χ0n) is 16.8. The number of carbonyl (C=O) groups is 1. The van der Waals surface area contributed by atoms with E-state index in [1.54, 1.807) is 17.0 Å². The summed E-state index contributed by atoms with van der Waals surface area (Å²) in [7, 11) is 0. The number of ether oxygens (including phenoxy) is 1. The Morgan fingerprint density at radius 2 is 1.61 bits per heavy atom. The molecule has 0 bridgehead atoms. The van der Waals surface area contributed by atoms with Crippen LogP contribution in [-0.2, 0) is 4.74 Å². The molecule has 31 heavy (non-hydrogen) atoms. The van der Waals surface area contributed by atoms with Crippen molar-refractivity contribution in [3.63, 3.8) is 0 Å². The fourth-order valence-electron chi connectivity index (χ4n) is 3.95. The third-order valence-electron chi connectivity index (χ3n) is 5.59. The first-order valence-corrected chi connectivity index (χ1v) is 10.4. The number of nitro groups is 1. The van der Waals surface area contributed by atoms with Crippen LogP contribution in [0.15, 0.2) is 36.4 Å². The van der Waals surface area contributed by atoms with Crippen molar-refractivity contribution in [1.29, 1.82) is 0 Å². The third-order valence-corrected chi connectivity index (χ3v) is 5.89. The lowest BCUT2D eigenvalue weighted by Gasteiger charge is -2.37. The molecule has 8 nitrogen and oxygen atoms in total. The summed E-state index contributed by atoms with van der Waals surface area (Å²) in [5.41, 5.74) is 1.61. The van der Waals surface area contributed by atoms with Crippen molar-refractivity contribution in [2.24, 2.45) is 0 Å². The molecule has 0 atom stereocenters. The number of piperazine rings is 1. The van der Waals surface area contributed by atoms with E-state index in [0.717, 1.165) is 5.69 Å². The lowest BCUT2D eigenvalue weighted by atomic mass is 10.1. The van der Waals surface area contributed by atoms with Crippen LogP contribution >= 0.6 is 11.6 Å². The average molecular weight is 449 g/mol. The van der Waals surface area contributed by atoms with E-state index < -0.39 is 10.7 Å². The van der Waals surface area contributed by atoms with Gasteiger partial charge in [0.2, 0.25) is 0 Å². The zero-order valence-corrected chi connectivity index (χ0v) is 17.6. The summed E-state index contributed by atoms with van der Waals surface area (Å²) in [6.45, 7) is 4.24. The van der Waals surface area contributed by atoms with Crippen molar-refractivity contribution in [2.45, 2.75) is 0 Å². The predicted octanol–water partition coefficient (Wildman–Crippen LogP) is 3.19. The number of morpholine rings is 1. The van der Waals surface area contributed by atoms with Crippen molar-refractivity contribution in [3.05, 3.63) is 62.9 Å². The van der Waals surface area contributed by atoms with Gasteiger partial charge in [0.1, 0.15) is 5.82 Å². The molecule has 2 aliphatic heterocycles. The van der Waals surface area contributed by atoms with Crippen LogP contribution in [0.4, 0.5) is 21.5 Å². The molecule has 1 amide bonds. The van der Waals surface area contributed by atoms with Gasteiger partial charge in [-0.05, 0) is 24.3 Å². The topological polar surface area (TPSA) is 79.2 Å². The predicted molar refractivity (Wildman–Crippen MR) is 116 cm³/mol. The maximum Gasteiger partial charge on any atom is 0.270 e. The molecule has 0 unspecified atom stereocenters. The first kappa shape index (κ1) is 21.3. The highest BCUT2D eigenvalue weighted by Crippen LogP contribution is 2.30. The molecule has 4 rings (SSSR count). The van der Waals surface area contributed by atoms with Crippen LogP contribution in [0.2, 0.25) is 5.02 Å². The molecule has 2 aromatic carbocycles. The Hall–Kier alpha value is -2.91. The SMILES string of the molecule is O=C(c1cc([N+](=O)[O-])ccc1N1CCOCC1)N1CCN(c2ccc(F)cc2Cl)CC1. The van der Waals surface area contributed by atoms with Crippen LogP contribution in [0.5, 0.6) is 0 Å². The van der Waals surface area contributed by atoms with E-state index in [0.29, 0.717) is 68.8 Å². The molecule has 0 N–H and O–H groups in total. The quantitative estimate of drug-likeness (QED) is 0.528. The second-order valence-corrected chi connectivity index (χ2v) is 7.84. The Labute approximate surface area is 183 Å². The molecule has 0 aromatic heterocycles. The monoisotopic (exact) mass is 448 g/mol. The number of benzene rings is 2. The van der Waals surface area contributed by atoms with Gasteiger partial charge in [-0.1, -0.05) is 11.6 Å². The van der Waals surface area contributed by atoms with Gasteiger partial charge < -0.3 is 19.4 Å². The van der Waals surface area contributed by atoms with Crippen molar-refractivity contribution in [1.82, 2.24) is 4.90 Å². The van der Waals surface area contributed by atoms with Gasteiger partial charge in [-0.3, -0.25) is 14.9 Å². The highest BCUT2D eigenvalue weighted by Gasteiger charge is 2.28. The number of nitro benzene ring substituents is 1. The molecule has 10 heteroatoms. The molecule has 2 aliphatic rings. The first-order valence-electron chi connectivity index (χ1n) is 10.0. The minimum atomic E-state index is -0.492. The fraction of sp³-hybridized carbons (Fsp3) is 0.381. The van der Waals surface area contributed by atoms with Crippen LogP contribution in [-0.4, -0.2) is 68.2 Å². The summed E-state index contributed by atoms with van der Waals surface area (Å²) in [5.74, 6) is -0.640. The van der Waals surface area contributed by atoms with Crippen molar-refractivity contribution >= 4 is 34.6 Å². The molecule has 164 valence electrons. The number of halogens is 2. The number of anilines is 2. The minimum absolute atomic E-state index is 0.114. The van der Waals surface area contributed by atoms with Gasteiger partial charge in [-0.25, -0.2) is 4.39 Å². The third kappa shape index (κ3) is 4.57. The molecule has 2 aromatic rings. The Balaban J connectivity index is 1.53. The first-order chi connectivity index (χ1) is 14.9. The standard InChI is InChI=1S/C21H22ClFN4O4/c22-18-13-15(23)1-3-20(18)24-5-7-26(8-6-24)21(28)17-14-16(27(29)30)2-4-19(17)25-9-11-31-12-10-25/h1-4,13-14H,5-12H2. The Kier molecular flexibility index (Phi) is 6.24. The number of nitrogens with zero attached hydrogens (tertiary/aromatic N) is 4. The molecule has 2 fully saturated rings. The lowest BCUT2D eigenvalue weighted by molar-refractivity contribution is -0.384. The number of rotatable bonds is 4. The average Bonchev–Trinajstić information content (AvgIpc) is 2.79. The molecule has 0 saturated carbocycles. The highest BCUT2D eigenvalue weighted by molar-refractivity contribution is 6.33. The lowest BCUT2D eigenvalue weighted by Crippen LogP contribution is -2.49. The Bertz CT molecular complexity index is 991. The van der Waals surface area contributed by atoms with Gasteiger partial charge in [-0.2, -0.15) is 0 Å². The van der Waals surface area contributed by atoms with Crippen LogP contribution in [0.3, 0.4) is 0 Å². The van der Waals surface area contributed by atoms with Crippen LogP contribution in [0, 0.1) is 15.9 Å². The second-order valence-electron chi connectivity index (χ2n) is 7.43. The van der Waals surface area contributed by atoms with Crippen LogP contribution in [0.25, 0.3) is 0 Å². The maximum absolute atomic E-state index is 13.3. The summed E-state index contributed by atoms with van der Waals surface area (Å²) in [6.07, 6.45) is 0. The number of carbonyl (C=O) groups excluding carboxylic acids is 1. The van der Waals surface area contributed by atoms with Gasteiger partial charge in [0, 0.05) is 51.4 Å². The Morgan fingerprint density at radius 3 is 2.26 bits per heavy atom. The van der Waals surface area contributed by atoms with E-state index in [1.165, 1.54) is 24.3 Å². The molecular formula is C21H22ClFN4O4. The van der Waals surface area contributed by atoms with E-state index in [-0.39, 0.29) is 11.6 Å². The largest absolute Gasteiger partial charge is 0.378 e. The van der Waals surface area contributed by atoms with E-state index in [9.17, 15) is 19.3 Å². The van der Waals surface area contributed by atoms with Crippen LogP contribution < -0.4 is 9.80 Å². The second kappa shape index (κ2) is 9.07. The van der Waals surface area contributed by atoms with Gasteiger partial charge in [0.05, 0.1) is 40.1 Å². The maximum atomic E-state index is 13.3. The highest BCUT2D eigenvalue weighted by atomic mass is 35.5. The summed E-state index contributed by atoms with van der Waals surface area (Å²) < 4.78 is 18.7. The minimum Gasteiger partial charge on any atom is -0.378 e.